The fourth-order valence-electron chi connectivity index (χ4n) is 2.98. The van der Waals surface area contributed by atoms with E-state index in [1.54, 1.807) is 37.5 Å². The Hall–Kier alpha value is -2.83. The van der Waals surface area contributed by atoms with Crippen LogP contribution < -0.4 is 9.47 Å². The summed E-state index contributed by atoms with van der Waals surface area (Å²) in [6.45, 7) is 4.92. The van der Waals surface area contributed by atoms with Crippen molar-refractivity contribution >= 4 is 17.6 Å². The van der Waals surface area contributed by atoms with Crippen LogP contribution in [-0.2, 0) is 9.53 Å². The molecule has 0 saturated carbocycles. The average molecular weight is 383 g/mol. The Balaban J connectivity index is 1.62. The van der Waals surface area contributed by atoms with Crippen molar-refractivity contribution in [2.24, 2.45) is 0 Å². The van der Waals surface area contributed by atoms with Crippen molar-refractivity contribution in [3.8, 4) is 11.5 Å². The van der Waals surface area contributed by atoms with Crippen LogP contribution in [0, 0.1) is 0 Å². The van der Waals surface area contributed by atoms with Gasteiger partial charge in [0.15, 0.2) is 0 Å². The Morgan fingerprint density at radius 1 is 1.07 bits per heavy atom. The number of hydrogen-bond donors (Lipinski definition) is 1. The molecule has 0 unspecified atom stereocenters. The number of hydrogen-bond acceptors (Lipinski definition) is 5. The van der Waals surface area contributed by atoms with E-state index < -0.39 is 5.97 Å². The van der Waals surface area contributed by atoms with Gasteiger partial charge in [0, 0.05) is 19.6 Å². The van der Waals surface area contributed by atoms with Crippen LogP contribution in [0.5, 0.6) is 11.5 Å². The van der Waals surface area contributed by atoms with Gasteiger partial charge in [0.2, 0.25) is 0 Å². The van der Waals surface area contributed by atoms with E-state index in [2.05, 4.69) is 4.90 Å². The summed E-state index contributed by atoms with van der Waals surface area (Å²) in [4.78, 5) is 14.0. The highest BCUT2D eigenvalue weighted by Gasteiger charge is 2.11. The Bertz CT molecular complexity index is 793. The van der Waals surface area contributed by atoms with Gasteiger partial charge in [-0.25, -0.2) is 4.79 Å². The standard InChI is InChI=1S/C22H25NO5/c1-26-19-8-4-18(5-9-19)21(22(24)25)16-17-2-6-20(7-3-17)28-15-12-23-10-13-27-14-11-23/h2-9,16H,10-15H2,1H3,(H,24,25)/b21-16-. The number of rotatable bonds is 8. The average Bonchev–Trinajstić information content (AvgIpc) is 2.74. The Labute approximate surface area is 164 Å². The summed E-state index contributed by atoms with van der Waals surface area (Å²) in [6, 6.07) is 14.4. The summed E-state index contributed by atoms with van der Waals surface area (Å²) in [6.07, 6.45) is 1.65. The van der Waals surface area contributed by atoms with Crippen LogP contribution in [0.25, 0.3) is 11.6 Å². The summed E-state index contributed by atoms with van der Waals surface area (Å²) >= 11 is 0. The fourth-order valence-corrected chi connectivity index (χ4v) is 2.98. The van der Waals surface area contributed by atoms with E-state index in [9.17, 15) is 9.90 Å². The van der Waals surface area contributed by atoms with Gasteiger partial charge < -0.3 is 19.3 Å². The fraction of sp³-hybridized carbons (Fsp3) is 0.318. The highest BCUT2D eigenvalue weighted by Crippen LogP contribution is 2.22. The van der Waals surface area contributed by atoms with E-state index in [4.69, 9.17) is 14.2 Å². The molecule has 2 aromatic carbocycles. The minimum absolute atomic E-state index is 0.226. The van der Waals surface area contributed by atoms with Crippen molar-refractivity contribution in [3.05, 3.63) is 59.7 Å². The van der Waals surface area contributed by atoms with Gasteiger partial charge in [-0.3, -0.25) is 4.90 Å². The van der Waals surface area contributed by atoms with Gasteiger partial charge in [-0.05, 0) is 41.5 Å². The SMILES string of the molecule is COc1ccc(/C(=C/c2ccc(OCCN3CCOCC3)cc2)C(=O)O)cc1. The molecule has 1 aliphatic rings. The molecule has 1 fully saturated rings. The Morgan fingerprint density at radius 3 is 2.32 bits per heavy atom. The van der Waals surface area contributed by atoms with Crippen LogP contribution >= 0.6 is 0 Å². The molecular weight excluding hydrogens is 358 g/mol. The second-order valence-corrected chi connectivity index (χ2v) is 6.46. The second kappa shape index (κ2) is 9.92. The van der Waals surface area contributed by atoms with Crippen LogP contribution in [-0.4, -0.2) is 62.5 Å². The lowest BCUT2D eigenvalue weighted by molar-refractivity contribution is -0.130. The molecule has 1 aliphatic heterocycles. The molecule has 0 aromatic heterocycles. The van der Waals surface area contributed by atoms with Crippen molar-refractivity contribution < 1.29 is 24.1 Å². The number of aliphatic carboxylic acids is 1. The topological polar surface area (TPSA) is 68.2 Å². The first-order chi connectivity index (χ1) is 13.7. The molecule has 0 bridgehead atoms. The smallest absolute Gasteiger partial charge is 0.336 e. The van der Waals surface area contributed by atoms with Gasteiger partial charge in [-0.1, -0.05) is 24.3 Å². The summed E-state index contributed by atoms with van der Waals surface area (Å²) in [7, 11) is 1.58. The molecular formula is C22H25NO5. The maximum Gasteiger partial charge on any atom is 0.336 e. The molecule has 0 amide bonds. The molecule has 1 saturated heterocycles. The molecule has 0 spiro atoms. The van der Waals surface area contributed by atoms with E-state index in [1.165, 1.54) is 0 Å². The summed E-state index contributed by atoms with van der Waals surface area (Å²) in [5.41, 5.74) is 1.65. The zero-order chi connectivity index (χ0) is 19.8. The predicted octanol–water partition coefficient (Wildman–Crippen LogP) is 3.03. The molecule has 1 heterocycles. The minimum atomic E-state index is -0.976. The van der Waals surface area contributed by atoms with Gasteiger partial charge in [0.25, 0.3) is 0 Å². The number of nitrogens with zero attached hydrogens (tertiary/aromatic N) is 1. The molecule has 0 radical (unpaired) electrons. The Morgan fingerprint density at radius 2 is 1.71 bits per heavy atom. The number of carboxylic acids is 1. The van der Waals surface area contributed by atoms with Crippen molar-refractivity contribution in [2.75, 3.05) is 46.6 Å². The van der Waals surface area contributed by atoms with Gasteiger partial charge in [-0.2, -0.15) is 0 Å². The van der Waals surface area contributed by atoms with Gasteiger partial charge in [0.05, 0.1) is 25.9 Å². The summed E-state index contributed by atoms with van der Waals surface area (Å²) in [5, 5.41) is 9.57. The van der Waals surface area contributed by atoms with Crippen molar-refractivity contribution in [1.29, 1.82) is 0 Å². The number of morpholine rings is 1. The van der Waals surface area contributed by atoms with Crippen molar-refractivity contribution in [1.82, 2.24) is 4.90 Å². The highest BCUT2D eigenvalue weighted by molar-refractivity contribution is 6.20. The van der Waals surface area contributed by atoms with Gasteiger partial charge >= 0.3 is 5.97 Å². The lowest BCUT2D eigenvalue weighted by Crippen LogP contribution is -2.38. The number of ether oxygens (including phenoxy) is 3. The van der Waals surface area contributed by atoms with Crippen LogP contribution in [0.2, 0.25) is 0 Å². The first-order valence-corrected chi connectivity index (χ1v) is 9.28. The molecule has 148 valence electrons. The first kappa shape index (κ1) is 19.9. The highest BCUT2D eigenvalue weighted by atomic mass is 16.5. The largest absolute Gasteiger partial charge is 0.497 e. The van der Waals surface area contributed by atoms with E-state index in [0.717, 1.165) is 44.2 Å². The maximum absolute atomic E-state index is 11.7. The first-order valence-electron chi connectivity index (χ1n) is 9.28. The van der Waals surface area contributed by atoms with E-state index in [1.807, 2.05) is 24.3 Å². The van der Waals surface area contributed by atoms with Crippen molar-refractivity contribution in [2.45, 2.75) is 0 Å². The molecule has 0 aliphatic carbocycles. The molecule has 0 atom stereocenters. The minimum Gasteiger partial charge on any atom is -0.497 e. The molecule has 2 aromatic rings. The van der Waals surface area contributed by atoms with Gasteiger partial charge in [0.1, 0.15) is 18.1 Å². The van der Waals surface area contributed by atoms with E-state index >= 15 is 0 Å². The number of benzene rings is 2. The monoisotopic (exact) mass is 383 g/mol. The molecule has 6 nitrogen and oxygen atoms in total. The van der Waals surface area contributed by atoms with Crippen LogP contribution in [0.4, 0.5) is 0 Å². The third kappa shape index (κ3) is 5.58. The van der Waals surface area contributed by atoms with Crippen LogP contribution in [0.15, 0.2) is 48.5 Å². The van der Waals surface area contributed by atoms with Gasteiger partial charge in [-0.15, -0.1) is 0 Å². The molecule has 1 N–H and O–H groups in total. The normalized spacial score (nSPS) is 15.2. The molecule has 3 rings (SSSR count). The number of carbonyl (C=O) groups is 1. The molecule has 6 heteroatoms. The lowest BCUT2D eigenvalue weighted by atomic mass is 10.0. The zero-order valence-electron chi connectivity index (χ0n) is 16.0. The lowest BCUT2D eigenvalue weighted by Gasteiger charge is -2.26. The van der Waals surface area contributed by atoms with E-state index in [0.29, 0.717) is 17.9 Å². The third-order valence-electron chi connectivity index (χ3n) is 4.60. The predicted molar refractivity (Wildman–Crippen MR) is 108 cm³/mol. The van der Waals surface area contributed by atoms with Crippen molar-refractivity contribution in [3.63, 3.8) is 0 Å². The number of methoxy groups -OCH3 is 1. The maximum atomic E-state index is 11.7. The zero-order valence-corrected chi connectivity index (χ0v) is 16.0. The quantitative estimate of drug-likeness (QED) is 0.558. The number of carboxylic acid groups (broad SMARTS) is 1. The Kier molecular flexibility index (Phi) is 7.06. The van der Waals surface area contributed by atoms with E-state index in [-0.39, 0.29) is 5.57 Å². The third-order valence-corrected chi connectivity index (χ3v) is 4.60. The summed E-state index contributed by atoms with van der Waals surface area (Å²) in [5.74, 6) is 0.481. The summed E-state index contributed by atoms with van der Waals surface area (Å²) < 4.78 is 16.2. The van der Waals surface area contributed by atoms with Crippen LogP contribution in [0.1, 0.15) is 11.1 Å². The molecule has 28 heavy (non-hydrogen) atoms. The van der Waals surface area contributed by atoms with Crippen LogP contribution in [0.3, 0.4) is 0 Å². The second-order valence-electron chi connectivity index (χ2n) is 6.46.